The normalized spacial score (nSPS) is 11.5. The van der Waals surface area contributed by atoms with Crippen molar-refractivity contribution in [3.63, 3.8) is 0 Å². The first-order chi connectivity index (χ1) is 6.42. The molecule has 0 saturated carbocycles. The zero-order valence-corrected chi connectivity index (χ0v) is 9.72. The highest BCUT2D eigenvalue weighted by molar-refractivity contribution is 5.25. The van der Waals surface area contributed by atoms with Crippen molar-refractivity contribution in [3.05, 3.63) is 23.4 Å². The number of aryl methyl sites for hydroxylation is 1. The molecule has 0 aliphatic rings. The molecule has 1 rings (SSSR count). The molecule has 0 radical (unpaired) electrons. The summed E-state index contributed by atoms with van der Waals surface area (Å²) in [5.41, 5.74) is 2.68. The summed E-state index contributed by atoms with van der Waals surface area (Å²) in [4.78, 5) is 4.35. The van der Waals surface area contributed by atoms with Gasteiger partial charge in [0.05, 0.1) is 7.11 Å². The number of rotatable bonds is 2. The highest BCUT2D eigenvalue weighted by atomic mass is 16.5. The Morgan fingerprint density at radius 1 is 1.29 bits per heavy atom. The molecule has 0 saturated heterocycles. The SMILES string of the molecule is COc1ccc(CC(C)(C)C)c(C)n1. The van der Waals surface area contributed by atoms with Gasteiger partial charge in [0.25, 0.3) is 0 Å². The van der Waals surface area contributed by atoms with Gasteiger partial charge in [-0.1, -0.05) is 26.8 Å². The Balaban J connectivity index is 2.89. The number of ether oxygens (including phenoxy) is 1. The smallest absolute Gasteiger partial charge is 0.213 e. The third-order valence-corrected chi connectivity index (χ3v) is 2.10. The third kappa shape index (κ3) is 3.02. The lowest BCUT2D eigenvalue weighted by atomic mass is 9.88. The minimum Gasteiger partial charge on any atom is -0.481 e. The van der Waals surface area contributed by atoms with E-state index in [2.05, 4.69) is 31.8 Å². The van der Waals surface area contributed by atoms with Gasteiger partial charge in [0.2, 0.25) is 5.88 Å². The average Bonchev–Trinajstić information content (AvgIpc) is 2.06. The molecule has 0 spiro atoms. The lowest BCUT2D eigenvalue weighted by molar-refractivity contribution is 0.391. The summed E-state index contributed by atoms with van der Waals surface area (Å²) >= 11 is 0. The van der Waals surface area contributed by atoms with Crippen LogP contribution in [0.4, 0.5) is 0 Å². The minimum absolute atomic E-state index is 0.307. The summed E-state index contributed by atoms with van der Waals surface area (Å²) in [6, 6.07) is 4.03. The second-order valence-electron chi connectivity index (χ2n) is 4.84. The van der Waals surface area contributed by atoms with Gasteiger partial charge in [0.1, 0.15) is 0 Å². The summed E-state index contributed by atoms with van der Waals surface area (Å²) in [6.45, 7) is 8.73. The van der Waals surface area contributed by atoms with Gasteiger partial charge in [-0.2, -0.15) is 0 Å². The molecule has 2 nitrogen and oxygen atoms in total. The molecule has 0 amide bonds. The molecule has 0 aliphatic carbocycles. The molecule has 14 heavy (non-hydrogen) atoms. The molecule has 1 heterocycles. The van der Waals surface area contributed by atoms with Gasteiger partial charge in [0.15, 0.2) is 0 Å². The van der Waals surface area contributed by atoms with Crippen molar-refractivity contribution in [2.24, 2.45) is 5.41 Å². The maximum atomic E-state index is 5.07. The van der Waals surface area contributed by atoms with Crippen LogP contribution in [0.15, 0.2) is 12.1 Å². The van der Waals surface area contributed by atoms with Crippen LogP contribution in [-0.4, -0.2) is 12.1 Å². The molecule has 78 valence electrons. The van der Waals surface area contributed by atoms with Crippen molar-refractivity contribution in [1.82, 2.24) is 4.98 Å². The van der Waals surface area contributed by atoms with Gasteiger partial charge < -0.3 is 4.74 Å². The van der Waals surface area contributed by atoms with Crippen LogP contribution in [0.25, 0.3) is 0 Å². The maximum absolute atomic E-state index is 5.07. The van der Waals surface area contributed by atoms with Crippen LogP contribution in [0.1, 0.15) is 32.0 Å². The summed E-state index contributed by atoms with van der Waals surface area (Å²) < 4.78 is 5.07. The minimum atomic E-state index is 0.307. The van der Waals surface area contributed by atoms with E-state index in [1.165, 1.54) is 5.56 Å². The van der Waals surface area contributed by atoms with E-state index in [1.54, 1.807) is 7.11 Å². The largest absolute Gasteiger partial charge is 0.481 e. The van der Waals surface area contributed by atoms with Crippen LogP contribution >= 0.6 is 0 Å². The van der Waals surface area contributed by atoms with Gasteiger partial charge in [-0.15, -0.1) is 0 Å². The van der Waals surface area contributed by atoms with E-state index >= 15 is 0 Å². The van der Waals surface area contributed by atoms with E-state index in [4.69, 9.17) is 4.74 Å². The zero-order chi connectivity index (χ0) is 10.8. The van der Waals surface area contributed by atoms with Crippen LogP contribution in [0.5, 0.6) is 5.88 Å². The van der Waals surface area contributed by atoms with Crippen molar-refractivity contribution in [1.29, 1.82) is 0 Å². The molecule has 0 atom stereocenters. The Kier molecular flexibility index (Phi) is 3.14. The standard InChI is InChI=1S/C12H19NO/c1-9-10(8-12(2,3)4)6-7-11(13-9)14-5/h6-7H,8H2,1-5H3. The quantitative estimate of drug-likeness (QED) is 0.720. The van der Waals surface area contributed by atoms with E-state index in [9.17, 15) is 0 Å². The first-order valence-electron chi connectivity index (χ1n) is 4.93. The molecule has 0 unspecified atom stereocenters. The number of nitrogens with zero attached hydrogens (tertiary/aromatic N) is 1. The number of hydrogen-bond donors (Lipinski definition) is 0. The Hall–Kier alpha value is -1.05. The molecule has 0 fully saturated rings. The molecule has 0 aromatic carbocycles. The molecular weight excluding hydrogens is 174 g/mol. The van der Waals surface area contributed by atoms with Gasteiger partial charge in [-0.3, -0.25) is 0 Å². The maximum Gasteiger partial charge on any atom is 0.213 e. The van der Waals surface area contributed by atoms with E-state index in [0.717, 1.165) is 12.1 Å². The third-order valence-electron chi connectivity index (χ3n) is 2.10. The summed E-state index contributed by atoms with van der Waals surface area (Å²) in [5, 5.41) is 0. The topological polar surface area (TPSA) is 22.1 Å². The Labute approximate surface area is 86.3 Å². The van der Waals surface area contributed by atoms with Crippen LogP contribution in [0, 0.1) is 12.3 Å². The van der Waals surface area contributed by atoms with Crippen LogP contribution < -0.4 is 4.74 Å². The van der Waals surface area contributed by atoms with E-state index in [0.29, 0.717) is 11.3 Å². The number of aromatic nitrogens is 1. The lowest BCUT2D eigenvalue weighted by Crippen LogP contribution is -2.10. The fourth-order valence-electron chi connectivity index (χ4n) is 1.44. The monoisotopic (exact) mass is 193 g/mol. The van der Waals surface area contributed by atoms with Gasteiger partial charge >= 0.3 is 0 Å². The highest BCUT2D eigenvalue weighted by Gasteiger charge is 2.13. The summed E-state index contributed by atoms with van der Waals surface area (Å²) in [7, 11) is 1.64. The van der Waals surface area contributed by atoms with Crippen LogP contribution in [0.2, 0.25) is 0 Å². The summed E-state index contributed by atoms with van der Waals surface area (Å²) in [5.74, 6) is 0.695. The number of methoxy groups -OCH3 is 1. The van der Waals surface area contributed by atoms with Crippen molar-refractivity contribution in [3.8, 4) is 5.88 Å². The predicted octanol–water partition coefficient (Wildman–Crippen LogP) is 2.99. The van der Waals surface area contributed by atoms with E-state index in [-0.39, 0.29) is 0 Å². The Bertz CT molecular complexity index is 313. The molecule has 2 heteroatoms. The highest BCUT2D eigenvalue weighted by Crippen LogP contribution is 2.23. The lowest BCUT2D eigenvalue weighted by Gasteiger charge is -2.19. The molecule has 1 aromatic heterocycles. The fraction of sp³-hybridized carbons (Fsp3) is 0.583. The molecule has 0 bridgehead atoms. The van der Waals surface area contributed by atoms with Crippen LogP contribution in [-0.2, 0) is 6.42 Å². The number of hydrogen-bond acceptors (Lipinski definition) is 2. The second-order valence-corrected chi connectivity index (χ2v) is 4.84. The van der Waals surface area contributed by atoms with Crippen molar-refractivity contribution >= 4 is 0 Å². The fourth-order valence-corrected chi connectivity index (χ4v) is 1.44. The van der Waals surface area contributed by atoms with E-state index in [1.807, 2.05) is 13.0 Å². The molecule has 0 aliphatic heterocycles. The van der Waals surface area contributed by atoms with Crippen molar-refractivity contribution < 1.29 is 4.74 Å². The number of pyridine rings is 1. The first-order valence-corrected chi connectivity index (χ1v) is 4.93. The molecule has 0 N–H and O–H groups in total. The van der Waals surface area contributed by atoms with Crippen molar-refractivity contribution in [2.45, 2.75) is 34.1 Å². The molecular formula is C12H19NO. The average molecular weight is 193 g/mol. The predicted molar refractivity (Wildman–Crippen MR) is 58.7 cm³/mol. The summed E-state index contributed by atoms with van der Waals surface area (Å²) in [6.07, 6.45) is 1.05. The zero-order valence-electron chi connectivity index (χ0n) is 9.72. The Morgan fingerprint density at radius 3 is 2.36 bits per heavy atom. The van der Waals surface area contributed by atoms with Gasteiger partial charge in [-0.25, -0.2) is 4.98 Å². The Morgan fingerprint density at radius 2 is 1.93 bits per heavy atom. The molecule has 1 aromatic rings. The van der Waals surface area contributed by atoms with Crippen LogP contribution in [0.3, 0.4) is 0 Å². The van der Waals surface area contributed by atoms with E-state index < -0.39 is 0 Å². The second kappa shape index (κ2) is 3.99. The first kappa shape index (κ1) is 11.0. The van der Waals surface area contributed by atoms with Gasteiger partial charge in [-0.05, 0) is 24.3 Å². The van der Waals surface area contributed by atoms with Crippen molar-refractivity contribution in [2.75, 3.05) is 7.11 Å². The van der Waals surface area contributed by atoms with Gasteiger partial charge in [0, 0.05) is 11.8 Å².